The van der Waals surface area contributed by atoms with Crippen molar-refractivity contribution in [1.29, 1.82) is 5.26 Å². The zero-order valence-electron chi connectivity index (χ0n) is 9.73. The van der Waals surface area contributed by atoms with E-state index in [1.165, 1.54) is 0 Å². The lowest BCUT2D eigenvalue weighted by Crippen LogP contribution is -2.36. The Morgan fingerprint density at radius 1 is 1.62 bits per heavy atom. The van der Waals surface area contributed by atoms with Gasteiger partial charge in [0.15, 0.2) is 5.78 Å². The number of Topliss-reactive ketones (excluding diaryl/α,β-unsaturated/α-hetero) is 1. The maximum Gasteiger partial charge on any atom is 0.192 e. The van der Waals surface area contributed by atoms with E-state index in [4.69, 9.17) is 5.26 Å². The third-order valence-electron chi connectivity index (χ3n) is 2.49. The average Bonchev–Trinajstić information content (AvgIpc) is 2.76. The Kier molecular flexibility index (Phi) is 4.74. The molecule has 1 N–H and O–H groups in total. The Bertz CT molecular complexity index is 362. The van der Waals surface area contributed by atoms with Gasteiger partial charge in [-0.2, -0.15) is 5.26 Å². The summed E-state index contributed by atoms with van der Waals surface area (Å²) in [5.41, 5.74) is 0.627. The van der Waals surface area contributed by atoms with Crippen molar-refractivity contribution < 1.29 is 4.79 Å². The topological polar surface area (TPSA) is 59.9 Å². The molecule has 4 heteroatoms. The van der Waals surface area contributed by atoms with Gasteiger partial charge >= 0.3 is 0 Å². The molecule has 1 rings (SSSR count). The maximum atomic E-state index is 11.8. The summed E-state index contributed by atoms with van der Waals surface area (Å²) in [6.07, 6.45) is 2.19. The monoisotopic (exact) mass is 219 g/mol. The maximum absolute atomic E-state index is 11.8. The van der Waals surface area contributed by atoms with Gasteiger partial charge in [-0.3, -0.25) is 9.69 Å². The fourth-order valence-electron chi connectivity index (χ4n) is 1.49. The van der Waals surface area contributed by atoms with Gasteiger partial charge in [0.1, 0.15) is 0 Å². The van der Waals surface area contributed by atoms with Gasteiger partial charge in [-0.15, -0.1) is 0 Å². The molecule has 86 valence electrons. The quantitative estimate of drug-likeness (QED) is 0.742. The molecule has 0 radical (unpaired) electrons. The Morgan fingerprint density at radius 2 is 2.38 bits per heavy atom. The smallest absolute Gasteiger partial charge is 0.192 e. The first-order valence-electron chi connectivity index (χ1n) is 5.42. The number of ketones is 1. The van der Waals surface area contributed by atoms with Crippen LogP contribution in [-0.2, 0) is 0 Å². The van der Waals surface area contributed by atoms with Crippen molar-refractivity contribution in [3.05, 3.63) is 24.0 Å². The van der Waals surface area contributed by atoms with Gasteiger partial charge < -0.3 is 4.98 Å². The van der Waals surface area contributed by atoms with Crippen LogP contribution < -0.4 is 0 Å². The van der Waals surface area contributed by atoms with E-state index in [1.807, 2.05) is 24.8 Å². The predicted molar refractivity (Wildman–Crippen MR) is 62.1 cm³/mol. The molecule has 0 amide bonds. The van der Waals surface area contributed by atoms with Crippen molar-refractivity contribution in [2.75, 3.05) is 13.1 Å². The molecule has 0 bridgehead atoms. The van der Waals surface area contributed by atoms with E-state index in [0.717, 1.165) is 0 Å². The number of rotatable bonds is 6. The van der Waals surface area contributed by atoms with Crippen LogP contribution in [0.4, 0.5) is 0 Å². The summed E-state index contributed by atoms with van der Waals surface area (Å²) in [6.45, 7) is 5.05. The van der Waals surface area contributed by atoms with E-state index in [-0.39, 0.29) is 11.8 Å². The van der Waals surface area contributed by atoms with E-state index in [0.29, 0.717) is 25.2 Å². The molecule has 1 heterocycles. The number of H-pyrrole nitrogens is 1. The minimum Gasteiger partial charge on any atom is -0.359 e. The molecule has 0 aliphatic rings. The Balaban J connectivity index is 2.55. The molecule has 0 saturated heterocycles. The molecule has 0 fully saturated rings. The SMILES string of the molecule is CC(C)N(CCC#N)CC(=O)c1ccc[nH]1. The summed E-state index contributed by atoms with van der Waals surface area (Å²) < 4.78 is 0. The van der Waals surface area contributed by atoms with E-state index in [9.17, 15) is 4.79 Å². The van der Waals surface area contributed by atoms with Gasteiger partial charge in [0.05, 0.1) is 18.3 Å². The second kappa shape index (κ2) is 6.09. The molecule has 4 nitrogen and oxygen atoms in total. The number of hydrogen-bond donors (Lipinski definition) is 1. The van der Waals surface area contributed by atoms with Crippen LogP contribution in [0.3, 0.4) is 0 Å². The van der Waals surface area contributed by atoms with Gasteiger partial charge in [-0.05, 0) is 26.0 Å². The summed E-state index contributed by atoms with van der Waals surface area (Å²) in [7, 11) is 0. The number of nitriles is 1. The summed E-state index contributed by atoms with van der Waals surface area (Å²) in [4.78, 5) is 16.7. The fourth-order valence-corrected chi connectivity index (χ4v) is 1.49. The molecule has 0 aliphatic heterocycles. The first kappa shape index (κ1) is 12.5. The predicted octanol–water partition coefficient (Wildman–Crippen LogP) is 1.82. The van der Waals surface area contributed by atoms with Crippen LogP contribution in [0.1, 0.15) is 30.8 Å². The second-order valence-electron chi connectivity index (χ2n) is 3.98. The summed E-state index contributed by atoms with van der Waals surface area (Å²) in [5, 5.41) is 8.55. The summed E-state index contributed by atoms with van der Waals surface area (Å²) in [6, 6.07) is 5.95. The van der Waals surface area contributed by atoms with Crippen molar-refractivity contribution in [2.24, 2.45) is 0 Å². The van der Waals surface area contributed by atoms with E-state index < -0.39 is 0 Å². The first-order chi connectivity index (χ1) is 7.65. The van der Waals surface area contributed by atoms with Crippen molar-refractivity contribution >= 4 is 5.78 Å². The van der Waals surface area contributed by atoms with Crippen LogP contribution in [0.25, 0.3) is 0 Å². The standard InChI is InChI=1S/C12H17N3O/c1-10(2)15(8-4-6-13)9-12(16)11-5-3-7-14-11/h3,5,7,10,14H,4,8-9H2,1-2H3. The van der Waals surface area contributed by atoms with Gasteiger partial charge in [-0.25, -0.2) is 0 Å². The lowest BCUT2D eigenvalue weighted by atomic mass is 10.2. The number of aromatic amines is 1. The lowest BCUT2D eigenvalue weighted by Gasteiger charge is -2.24. The molecule has 16 heavy (non-hydrogen) atoms. The first-order valence-corrected chi connectivity index (χ1v) is 5.42. The minimum atomic E-state index is 0.0663. The van der Waals surface area contributed by atoms with Crippen molar-refractivity contribution in [3.63, 3.8) is 0 Å². The van der Waals surface area contributed by atoms with Gasteiger partial charge in [0.25, 0.3) is 0 Å². The molecule has 0 saturated carbocycles. The highest BCUT2D eigenvalue weighted by Crippen LogP contribution is 2.03. The Morgan fingerprint density at radius 3 is 2.88 bits per heavy atom. The van der Waals surface area contributed by atoms with Crippen LogP contribution in [-0.4, -0.2) is 34.8 Å². The Hall–Kier alpha value is -1.60. The van der Waals surface area contributed by atoms with Crippen LogP contribution in [0, 0.1) is 11.3 Å². The van der Waals surface area contributed by atoms with Gasteiger partial charge in [-0.1, -0.05) is 0 Å². The van der Waals surface area contributed by atoms with Crippen molar-refractivity contribution in [2.45, 2.75) is 26.3 Å². The zero-order chi connectivity index (χ0) is 12.0. The molecule has 1 aromatic rings. The van der Waals surface area contributed by atoms with Crippen LogP contribution >= 0.6 is 0 Å². The van der Waals surface area contributed by atoms with E-state index in [2.05, 4.69) is 11.1 Å². The summed E-state index contributed by atoms with van der Waals surface area (Å²) in [5.74, 6) is 0.0663. The lowest BCUT2D eigenvalue weighted by molar-refractivity contribution is 0.0903. The fraction of sp³-hybridized carbons (Fsp3) is 0.500. The molecule has 0 aromatic carbocycles. The normalized spacial score (nSPS) is 10.7. The Labute approximate surface area is 95.9 Å². The van der Waals surface area contributed by atoms with E-state index >= 15 is 0 Å². The van der Waals surface area contributed by atoms with Gasteiger partial charge in [0.2, 0.25) is 0 Å². The molecule has 0 spiro atoms. The largest absolute Gasteiger partial charge is 0.359 e. The third kappa shape index (κ3) is 3.52. The van der Waals surface area contributed by atoms with Gasteiger partial charge in [0, 0.05) is 25.2 Å². The molecule has 0 atom stereocenters. The highest BCUT2D eigenvalue weighted by molar-refractivity contribution is 5.95. The third-order valence-corrected chi connectivity index (χ3v) is 2.49. The highest BCUT2D eigenvalue weighted by Gasteiger charge is 2.15. The molecule has 0 aliphatic carbocycles. The van der Waals surface area contributed by atoms with Crippen LogP contribution in [0.15, 0.2) is 18.3 Å². The summed E-state index contributed by atoms with van der Waals surface area (Å²) >= 11 is 0. The van der Waals surface area contributed by atoms with Crippen LogP contribution in [0.5, 0.6) is 0 Å². The zero-order valence-corrected chi connectivity index (χ0v) is 9.73. The molecule has 1 aromatic heterocycles. The second-order valence-corrected chi connectivity index (χ2v) is 3.98. The number of carbonyl (C=O) groups excluding carboxylic acids is 1. The number of nitrogens with zero attached hydrogens (tertiary/aromatic N) is 2. The van der Waals surface area contributed by atoms with Crippen LogP contribution in [0.2, 0.25) is 0 Å². The number of aromatic nitrogens is 1. The minimum absolute atomic E-state index is 0.0663. The number of nitrogens with one attached hydrogen (secondary N) is 1. The number of hydrogen-bond acceptors (Lipinski definition) is 3. The highest BCUT2D eigenvalue weighted by atomic mass is 16.1. The molecular formula is C12H17N3O. The average molecular weight is 219 g/mol. The van der Waals surface area contributed by atoms with Crippen molar-refractivity contribution in [3.8, 4) is 6.07 Å². The van der Waals surface area contributed by atoms with Crippen molar-refractivity contribution in [1.82, 2.24) is 9.88 Å². The number of carbonyl (C=O) groups is 1. The molecular weight excluding hydrogens is 202 g/mol. The molecule has 0 unspecified atom stereocenters. The van der Waals surface area contributed by atoms with E-state index in [1.54, 1.807) is 12.3 Å².